The third kappa shape index (κ3) is 4.52. The van der Waals surface area contributed by atoms with E-state index in [1.54, 1.807) is 0 Å². The van der Waals surface area contributed by atoms with E-state index >= 15 is 0 Å². The summed E-state index contributed by atoms with van der Waals surface area (Å²) in [6.45, 7) is -0.286. The molecule has 0 radical (unpaired) electrons. The van der Waals surface area contributed by atoms with Crippen molar-refractivity contribution in [2.45, 2.75) is 9.79 Å². The molecule has 6 aliphatic heterocycles. The smallest absolute Gasteiger partial charge is 0.260 e. The molecule has 9 aromatic rings. The van der Waals surface area contributed by atoms with Gasteiger partial charge in [-0.25, -0.2) is 0 Å². The first-order chi connectivity index (χ1) is 31.3. The Labute approximate surface area is 369 Å². The Morgan fingerprint density at radius 2 is 0.810 bits per heavy atom. The normalized spacial score (nSPS) is 14.5. The van der Waals surface area contributed by atoms with Gasteiger partial charge in [0.1, 0.15) is 34.5 Å². The number of hydrogen-bond donors (Lipinski definition) is 0. The summed E-state index contributed by atoms with van der Waals surface area (Å²) < 4.78 is 21.5. The SMILES string of the molecule is c1ccc(N2c3cccc4c3B(c3c2cc2c5c3Oc3ccccc3B5c3ccccc3O2)c2c(cc3c5c2Sc2ccccc2B5c2ccccc2O3)N4c2ccccc2)cc1. The maximum Gasteiger partial charge on any atom is 0.260 e. The maximum absolute atomic E-state index is 7.43. The minimum absolute atomic E-state index is 0.00712. The molecule has 0 saturated carbocycles. The largest absolute Gasteiger partial charge is 0.459 e. The third-order valence-corrected chi connectivity index (χ3v) is 15.1. The minimum Gasteiger partial charge on any atom is -0.459 e. The van der Waals surface area contributed by atoms with Crippen molar-refractivity contribution in [1.29, 1.82) is 0 Å². The Morgan fingerprint density at radius 1 is 0.333 bits per heavy atom. The Kier molecular flexibility index (Phi) is 6.81. The zero-order valence-electron chi connectivity index (χ0n) is 33.7. The number of anilines is 6. The van der Waals surface area contributed by atoms with E-state index in [-0.39, 0.29) is 20.1 Å². The van der Waals surface area contributed by atoms with E-state index in [1.165, 1.54) is 37.1 Å². The first kappa shape index (κ1) is 34.2. The molecule has 0 aromatic heterocycles. The summed E-state index contributed by atoms with van der Waals surface area (Å²) in [4.78, 5) is 7.41. The van der Waals surface area contributed by atoms with Crippen LogP contribution in [0.3, 0.4) is 0 Å². The zero-order valence-corrected chi connectivity index (χ0v) is 34.5. The van der Waals surface area contributed by atoms with Crippen LogP contribution < -0.4 is 73.2 Å². The molecule has 0 saturated heterocycles. The Morgan fingerprint density at radius 3 is 1.41 bits per heavy atom. The highest BCUT2D eigenvalue weighted by Gasteiger charge is 2.52. The van der Waals surface area contributed by atoms with Gasteiger partial charge in [0.25, 0.3) is 20.1 Å². The van der Waals surface area contributed by atoms with Crippen LogP contribution in [0.4, 0.5) is 34.1 Å². The lowest BCUT2D eigenvalue weighted by atomic mass is 9.29. The number of benzene rings is 9. The molecule has 0 bridgehead atoms. The highest BCUT2D eigenvalue weighted by molar-refractivity contribution is 8.00. The zero-order chi connectivity index (χ0) is 40.9. The van der Waals surface area contributed by atoms with Crippen molar-refractivity contribution >= 4 is 115 Å². The molecular formula is C54H31B3N2O3S. The van der Waals surface area contributed by atoms with Gasteiger partial charge in [-0.3, -0.25) is 0 Å². The number of rotatable bonds is 2. The van der Waals surface area contributed by atoms with Crippen LogP contribution in [0.25, 0.3) is 0 Å². The van der Waals surface area contributed by atoms with E-state index in [4.69, 9.17) is 14.2 Å². The van der Waals surface area contributed by atoms with E-state index in [9.17, 15) is 0 Å². The highest BCUT2D eigenvalue weighted by Crippen LogP contribution is 2.50. The van der Waals surface area contributed by atoms with Gasteiger partial charge in [-0.1, -0.05) is 132 Å². The van der Waals surface area contributed by atoms with Crippen molar-refractivity contribution in [3.63, 3.8) is 0 Å². The van der Waals surface area contributed by atoms with Crippen LogP contribution in [0.2, 0.25) is 0 Å². The molecule has 0 spiro atoms. The van der Waals surface area contributed by atoms with Gasteiger partial charge >= 0.3 is 0 Å². The van der Waals surface area contributed by atoms with Crippen molar-refractivity contribution in [3.8, 4) is 34.5 Å². The Hall–Kier alpha value is -7.48. The molecule has 0 atom stereocenters. The lowest BCUT2D eigenvalue weighted by Crippen LogP contribution is -2.67. The van der Waals surface area contributed by atoms with E-state index < -0.39 is 0 Å². The number of nitrogens with zero attached hydrogens (tertiary/aromatic N) is 2. The molecule has 63 heavy (non-hydrogen) atoms. The number of para-hydroxylation sites is 5. The van der Waals surface area contributed by atoms with Gasteiger partial charge in [-0.15, -0.1) is 0 Å². The van der Waals surface area contributed by atoms with Crippen molar-refractivity contribution in [2.75, 3.05) is 9.80 Å². The maximum atomic E-state index is 7.43. The van der Waals surface area contributed by atoms with Gasteiger partial charge in [0.05, 0.1) is 0 Å². The molecular weight excluding hydrogens is 789 g/mol. The van der Waals surface area contributed by atoms with Crippen LogP contribution in [-0.2, 0) is 0 Å². The number of hydrogen-bond acceptors (Lipinski definition) is 6. The second-order valence-corrected chi connectivity index (χ2v) is 18.1. The van der Waals surface area contributed by atoms with Crippen LogP contribution in [0.1, 0.15) is 0 Å². The second-order valence-electron chi connectivity index (χ2n) is 17.0. The van der Waals surface area contributed by atoms with Gasteiger partial charge < -0.3 is 24.0 Å². The lowest BCUT2D eigenvalue weighted by Gasteiger charge is -2.47. The predicted molar refractivity (Wildman–Crippen MR) is 260 cm³/mol. The third-order valence-electron chi connectivity index (χ3n) is 13.9. The van der Waals surface area contributed by atoms with Gasteiger partial charge in [-0.2, -0.15) is 0 Å². The summed E-state index contributed by atoms with van der Waals surface area (Å²) in [5, 5.41) is 0. The molecule has 0 N–H and O–H groups in total. The standard InChI is InChI=1S/C54H31B3N2O3S/c1-3-16-32(17-4-1)58-38-24-15-25-39-48(38)57(49-40(58)30-45-51-53(49)62-44-28-13-9-22-36(44)55(51)34-20-7-11-26-42(34)60-45)50-41(59(39)33-18-5-2-6-19-33)31-46-52-54(50)63-47-29-14-10-23-37(47)56(52)35-21-8-12-27-43(35)61-46/h1-31H. The van der Waals surface area contributed by atoms with Crippen molar-refractivity contribution in [2.24, 2.45) is 0 Å². The molecule has 0 aliphatic carbocycles. The van der Waals surface area contributed by atoms with Crippen LogP contribution in [-0.4, -0.2) is 20.1 Å². The molecule has 290 valence electrons. The Balaban J connectivity index is 1.11. The van der Waals surface area contributed by atoms with Crippen LogP contribution >= 0.6 is 11.8 Å². The fourth-order valence-corrected chi connectivity index (χ4v) is 12.8. The average Bonchev–Trinajstić information content (AvgIpc) is 3.34. The van der Waals surface area contributed by atoms with Gasteiger partial charge in [0, 0.05) is 61.5 Å². The highest BCUT2D eigenvalue weighted by atomic mass is 32.2. The second kappa shape index (κ2) is 12.6. The fourth-order valence-electron chi connectivity index (χ4n) is 11.5. The molecule has 0 fully saturated rings. The van der Waals surface area contributed by atoms with E-state index in [2.05, 4.69) is 198 Å². The number of fused-ring (bicyclic) bond motifs is 14. The van der Waals surface area contributed by atoms with Crippen LogP contribution in [0, 0.1) is 0 Å². The van der Waals surface area contributed by atoms with Gasteiger partial charge in [0.2, 0.25) is 0 Å². The van der Waals surface area contributed by atoms with Crippen LogP contribution in [0.15, 0.2) is 198 Å². The van der Waals surface area contributed by atoms with E-state index in [1.807, 2.05) is 11.8 Å². The quantitative estimate of drug-likeness (QED) is 0.168. The predicted octanol–water partition coefficient (Wildman–Crippen LogP) is 7.58. The molecule has 5 nitrogen and oxygen atoms in total. The summed E-state index contributed by atoms with van der Waals surface area (Å²) in [7, 11) is 0. The molecule has 6 heterocycles. The number of ether oxygens (including phenoxy) is 3. The lowest BCUT2D eigenvalue weighted by molar-refractivity contribution is 0.467. The molecule has 6 aliphatic rings. The van der Waals surface area contributed by atoms with Crippen molar-refractivity contribution in [1.82, 2.24) is 0 Å². The molecule has 0 amide bonds. The summed E-state index contributed by atoms with van der Waals surface area (Å²) >= 11 is 1.88. The summed E-state index contributed by atoms with van der Waals surface area (Å²) in [6.07, 6.45) is 0. The molecule has 9 aromatic carbocycles. The van der Waals surface area contributed by atoms with E-state index in [0.717, 1.165) is 90.5 Å². The van der Waals surface area contributed by atoms with E-state index in [0.29, 0.717) is 0 Å². The van der Waals surface area contributed by atoms with Crippen molar-refractivity contribution in [3.05, 3.63) is 188 Å². The first-order valence-electron chi connectivity index (χ1n) is 21.6. The van der Waals surface area contributed by atoms with Crippen molar-refractivity contribution < 1.29 is 14.2 Å². The van der Waals surface area contributed by atoms with Gasteiger partial charge in [0.15, 0.2) is 0 Å². The minimum atomic E-state index is -0.222. The Bertz CT molecular complexity index is 3230. The molecule has 15 rings (SSSR count). The summed E-state index contributed by atoms with van der Waals surface area (Å²) in [6, 6.07) is 67.6. The van der Waals surface area contributed by atoms with Crippen LogP contribution in [0.5, 0.6) is 34.5 Å². The van der Waals surface area contributed by atoms with Gasteiger partial charge in [-0.05, 0) is 98.9 Å². The average molecular weight is 820 g/mol. The topological polar surface area (TPSA) is 34.2 Å². The summed E-state index contributed by atoms with van der Waals surface area (Å²) in [5.74, 6) is 5.25. The first-order valence-corrected chi connectivity index (χ1v) is 22.4. The monoisotopic (exact) mass is 820 g/mol. The molecule has 9 heteroatoms. The molecule has 0 unspecified atom stereocenters. The fraction of sp³-hybridized carbons (Fsp3) is 0. The summed E-state index contributed by atoms with van der Waals surface area (Å²) in [5.41, 5.74) is 17.3.